The van der Waals surface area contributed by atoms with Crippen molar-refractivity contribution >= 4 is 17.0 Å². The lowest BCUT2D eigenvalue weighted by Crippen LogP contribution is -2.24. The Morgan fingerprint density at radius 1 is 1.73 bits per heavy atom. The normalized spacial score (nSPS) is 15.5. The third kappa shape index (κ3) is 4.10. The molecular weight excluding hydrogens is 168 g/mol. The van der Waals surface area contributed by atoms with E-state index in [4.69, 9.17) is 4.55 Å². The van der Waals surface area contributed by atoms with Gasteiger partial charge in [-0.25, -0.2) is 4.21 Å². The highest BCUT2D eigenvalue weighted by Gasteiger charge is 2.19. The summed E-state index contributed by atoms with van der Waals surface area (Å²) in [5.41, 5.74) is 0. The molecule has 66 valence electrons. The number of rotatable bonds is 4. The largest absolute Gasteiger partial charge is 0.465 e. The van der Waals surface area contributed by atoms with Crippen molar-refractivity contribution in [1.29, 1.82) is 0 Å². The van der Waals surface area contributed by atoms with E-state index in [0.717, 1.165) is 6.42 Å². The van der Waals surface area contributed by atoms with Gasteiger partial charge in [-0.1, -0.05) is 6.92 Å². The summed E-state index contributed by atoms with van der Waals surface area (Å²) in [5, 5.41) is -0.943. The number of ether oxygens (including phenoxy) is 1. The van der Waals surface area contributed by atoms with Crippen molar-refractivity contribution < 1.29 is 18.3 Å². The Hall–Kier alpha value is -0.420. The van der Waals surface area contributed by atoms with Gasteiger partial charge in [-0.15, -0.1) is 0 Å². The molecule has 4 nitrogen and oxygen atoms in total. The van der Waals surface area contributed by atoms with E-state index in [1.807, 2.05) is 6.92 Å². The molecule has 0 saturated carbocycles. The first-order valence-corrected chi connectivity index (χ1v) is 4.52. The van der Waals surface area contributed by atoms with Crippen LogP contribution in [-0.4, -0.2) is 26.6 Å². The topological polar surface area (TPSA) is 63.6 Å². The molecule has 2 unspecified atom stereocenters. The van der Waals surface area contributed by atoms with Gasteiger partial charge < -0.3 is 9.29 Å². The fourth-order valence-electron chi connectivity index (χ4n) is 0.402. The summed E-state index contributed by atoms with van der Waals surface area (Å²) < 4.78 is 23.4. The highest BCUT2D eigenvalue weighted by atomic mass is 32.2. The van der Waals surface area contributed by atoms with Gasteiger partial charge in [0.05, 0.1) is 6.61 Å². The van der Waals surface area contributed by atoms with E-state index >= 15 is 0 Å². The fraction of sp³-hybridized carbons (Fsp3) is 0.833. The second-order valence-electron chi connectivity index (χ2n) is 2.09. The Balaban J connectivity index is 3.74. The SMILES string of the molecule is CCCOC(=O)C(C)S(=O)O. The van der Waals surface area contributed by atoms with Crippen LogP contribution in [0.5, 0.6) is 0 Å². The van der Waals surface area contributed by atoms with E-state index in [0.29, 0.717) is 6.61 Å². The summed E-state index contributed by atoms with van der Waals surface area (Å²) in [6.07, 6.45) is 0.719. The summed E-state index contributed by atoms with van der Waals surface area (Å²) in [6, 6.07) is 0. The molecule has 0 heterocycles. The molecule has 0 bridgehead atoms. The first-order valence-electron chi connectivity index (χ1n) is 3.35. The van der Waals surface area contributed by atoms with E-state index in [-0.39, 0.29) is 0 Å². The molecule has 11 heavy (non-hydrogen) atoms. The van der Waals surface area contributed by atoms with Crippen LogP contribution in [-0.2, 0) is 20.6 Å². The quantitative estimate of drug-likeness (QED) is 0.507. The maximum absolute atomic E-state index is 10.8. The van der Waals surface area contributed by atoms with Crippen LogP contribution in [0.2, 0.25) is 0 Å². The van der Waals surface area contributed by atoms with Crippen molar-refractivity contribution in [2.45, 2.75) is 25.5 Å². The average molecular weight is 180 g/mol. The third-order valence-electron chi connectivity index (χ3n) is 1.08. The van der Waals surface area contributed by atoms with Crippen molar-refractivity contribution in [2.24, 2.45) is 0 Å². The summed E-state index contributed by atoms with van der Waals surface area (Å²) in [6.45, 7) is 3.52. The number of carbonyl (C=O) groups is 1. The van der Waals surface area contributed by atoms with Crippen LogP contribution in [0.25, 0.3) is 0 Å². The highest BCUT2D eigenvalue weighted by molar-refractivity contribution is 7.80. The van der Waals surface area contributed by atoms with E-state index in [9.17, 15) is 9.00 Å². The van der Waals surface area contributed by atoms with Crippen LogP contribution in [0, 0.1) is 0 Å². The lowest BCUT2D eigenvalue weighted by molar-refractivity contribution is -0.142. The van der Waals surface area contributed by atoms with E-state index in [2.05, 4.69) is 4.74 Å². The molecule has 0 aliphatic carbocycles. The van der Waals surface area contributed by atoms with Gasteiger partial charge in [0, 0.05) is 0 Å². The minimum absolute atomic E-state index is 0.306. The number of carbonyl (C=O) groups excluding carboxylic acids is 1. The van der Waals surface area contributed by atoms with Crippen molar-refractivity contribution in [3.63, 3.8) is 0 Å². The Labute approximate surface area is 68.2 Å². The zero-order valence-electron chi connectivity index (χ0n) is 6.57. The Morgan fingerprint density at radius 3 is 2.64 bits per heavy atom. The van der Waals surface area contributed by atoms with Gasteiger partial charge in [0.2, 0.25) is 0 Å². The number of hydrogen-bond donors (Lipinski definition) is 1. The third-order valence-corrected chi connectivity index (χ3v) is 1.88. The van der Waals surface area contributed by atoms with Gasteiger partial charge >= 0.3 is 5.97 Å². The molecule has 0 saturated heterocycles. The second-order valence-corrected chi connectivity index (χ2v) is 3.35. The minimum Gasteiger partial charge on any atom is -0.465 e. The number of hydrogen-bond acceptors (Lipinski definition) is 3. The molecule has 0 radical (unpaired) electrons. The smallest absolute Gasteiger partial charge is 0.323 e. The highest BCUT2D eigenvalue weighted by Crippen LogP contribution is 1.96. The molecule has 0 fully saturated rings. The van der Waals surface area contributed by atoms with E-state index in [1.165, 1.54) is 6.92 Å². The molecule has 0 aromatic rings. The van der Waals surface area contributed by atoms with E-state index < -0.39 is 22.3 Å². The Bertz CT molecular complexity index is 157. The molecule has 0 aromatic heterocycles. The van der Waals surface area contributed by atoms with Crippen LogP contribution < -0.4 is 0 Å². The molecule has 0 amide bonds. The molecule has 2 atom stereocenters. The van der Waals surface area contributed by atoms with Crippen LogP contribution in [0.4, 0.5) is 0 Å². The fourth-order valence-corrected chi connectivity index (χ4v) is 0.635. The first kappa shape index (κ1) is 10.6. The van der Waals surface area contributed by atoms with E-state index in [1.54, 1.807) is 0 Å². The van der Waals surface area contributed by atoms with Crippen molar-refractivity contribution in [3.05, 3.63) is 0 Å². The summed E-state index contributed by atoms with van der Waals surface area (Å²) in [7, 11) is 0. The first-order chi connectivity index (χ1) is 5.09. The monoisotopic (exact) mass is 180 g/mol. The standard InChI is InChI=1S/C6H12O4S/c1-3-4-10-6(7)5(2)11(8)9/h5H,3-4H2,1-2H3,(H,8,9). The van der Waals surface area contributed by atoms with Gasteiger partial charge in [-0.2, -0.15) is 0 Å². The van der Waals surface area contributed by atoms with Gasteiger partial charge in [0.1, 0.15) is 0 Å². The number of esters is 1. The van der Waals surface area contributed by atoms with Crippen LogP contribution in [0.3, 0.4) is 0 Å². The maximum atomic E-state index is 10.8. The molecule has 1 N–H and O–H groups in total. The average Bonchev–Trinajstić information content (AvgIpc) is 1.98. The van der Waals surface area contributed by atoms with Crippen LogP contribution in [0.1, 0.15) is 20.3 Å². The predicted octanol–water partition coefficient (Wildman–Crippen LogP) is 0.550. The van der Waals surface area contributed by atoms with Gasteiger partial charge in [0.15, 0.2) is 16.3 Å². The molecule has 0 spiro atoms. The zero-order valence-corrected chi connectivity index (χ0v) is 7.39. The molecule has 0 aliphatic rings. The summed E-state index contributed by atoms with van der Waals surface area (Å²) in [4.78, 5) is 10.8. The van der Waals surface area contributed by atoms with Crippen LogP contribution in [0.15, 0.2) is 0 Å². The molecule has 5 heteroatoms. The predicted molar refractivity (Wildman–Crippen MR) is 41.5 cm³/mol. The van der Waals surface area contributed by atoms with Crippen molar-refractivity contribution in [2.75, 3.05) is 6.61 Å². The van der Waals surface area contributed by atoms with Crippen molar-refractivity contribution in [1.82, 2.24) is 0 Å². The van der Waals surface area contributed by atoms with Crippen molar-refractivity contribution in [3.8, 4) is 0 Å². The second kappa shape index (κ2) is 5.26. The molecule has 0 aliphatic heterocycles. The lowest BCUT2D eigenvalue weighted by atomic mass is 10.5. The Kier molecular flexibility index (Phi) is 5.06. The summed E-state index contributed by atoms with van der Waals surface area (Å²) >= 11 is -2.12. The van der Waals surface area contributed by atoms with Gasteiger partial charge in [-0.3, -0.25) is 4.79 Å². The zero-order chi connectivity index (χ0) is 8.85. The van der Waals surface area contributed by atoms with Crippen LogP contribution >= 0.6 is 0 Å². The molecule has 0 aromatic carbocycles. The molecule has 0 rings (SSSR count). The molecular formula is C6H12O4S. The summed E-state index contributed by atoms with van der Waals surface area (Å²) in [5.74, 6) is -0.618. The lowest BCUT2D eigenvalue weighted by Gasteiger charge is -2.05. The van der Waals surface area contributed by atoms with Gasteiger partial charge in [0.25, 0.3) is 0 Å². The Morgan fingerprint density at radius 2 is 2.27 bits per heavy atom. The maximum Gasteiger partial charge on any atom is 0.323 e. The minimum atomic E-state index is -2.12. The van der Waals surface area contributed by atoms with Gasteiger partial charge in [-0.05, 0) is 13.3 Å².